The van der Waals surface area contributed by atoms with Gasteiger partial charge in [0, 0.05) is 34.3 Å². The monoisotopic (exact) mass is 424 g/mol. The molecule has 1 N–H and O–H groups in total. The quantitative estimate of drug-likeness (QED) is 0.405. The second kappa shape index (κ2) is 7.63. The number of benzene rings is 3. The van der Waals surface area contributed by atoms with Crippen LogP contribution in [0, 0.1) is 11.8 Å². The van der Waals surface area contributed by atoms with Crippen LogP contribution in [0.2, 0.25) is 0 Å². The fraction of sp³-hybridized carbons (Fsp3) is 0. The molecule has 3 aromatic carbocycles. The summed E-state index contributed by atoms with van der Waals surface area (Å²) in [5.74, 6) is 6.03. The maximum absolute atomic E-state index is 13.1. The summed E-state index contributed by atoms with van der Waals surface area (Å²) in [6.07, 6.45) is 3.33. The van der Waals surface area contributed by atoms with E-state index < -0.39 is 10.0 Å². The van der Waals surface area contributed by atoms with Crippen LogP contribution < -0.4 is 4.72 Å². The minimum atomic E-state index is -3.83. The number of aromatic nitrogens is 1. The Labute approximate surface area is 179 Å². The number of rotatable bonds is 3. The molecule has 5 aromatic rings. The molecule has 0 amide bonds. The molecule has 0 unspecified atom stereocenters. The Balaban J connectivity index is 1.52. The predicted molar refractivity (Wildman–Crippen MR) is 121 cm³/mol. The number of fused-ring (bicyclic) bond motifs is 3. The summed E-state index contributed by atoms with van der Waals surface area (Å²) in [5.41, 5.74) is 3.09. The average Bonchev–Trinajstić information content (AvgIpc) is 3.17. The predicted octanol–water partition coefficient (Wildman–Crippen LogP) is 5.18. The van der Waals surface area contributed by atoms with Gasteiger partial charge in [-0.2, -0.15) is 0 Å². The molecule has 2 heterocycles. The molecule has 0 aliphatic heterocycles. The van der Waals surface area contributed by atoms with Gasteiger partial charge in [0.2, 0.25) is 0 Å². The summed E-state index contributed by atoms with van der Waals surface area (Å²) in [4.78, 5) is 4.19. The van der Waals surface area contributed by atoms with Crippen LogP contribution in [0.3, 0.4) is 0 Å². The van der Waals surface area contributed by atoms with Crippen molar-refractivity contribution in [2.45, 2.75) is 4.90 Å². The van der Waals surface area contributed by atoms with Gasteiger partial charge in [-0.1, -0.05) is 42.2 Å². The number of para-hydroxylation sites is 2. The third kappa shape index (κ3) is 3.75. The molecule has 2 aromatic heterocycles. The van der Waals surface area contributed by atoms with E-state index in [9.17, 15) is 8.42 Å². The summed E-state index contributed by atoms with van der Waals surface area (Å²) in [6, 6.07) is 23.1. The molecular weight excluding hydrogens is 408 g/mol. The van der Waals surface area contributed by atoms with Crippen LogP contribution in [0.1, 0.15) is 11.1 Å². The summed E-state index contributed by atoms with van der Waals surface area (Å²) in [6.45, 7) is 0. The normalized spacial score (nSPS) is 11.2. The van der Waals surface area contributed by atoms with Gasteiger partial charge in [-0.05, 0) is 48.5 Å². The van der Waals surface area contributed by atoms with E-state index in [-0.39, 0.29) is 4.90 Å². The molecule has 6 heteroatoms. The van der Waals surface area contributed by atoms with E-state index in [1.807, 2.05) is 36.4 Å². The van der Waals surface area contributed by atoms with Gasteiger partial charge in [0.15, 0.2) is 0 Å². The fourth-order valence-electron chi connectivity index (χ4n) is 3.33. The maximum atomic E-state index is 13.1. The summed E-state index contributed by atoms with van der Waals surface area (Å²) >= 11 is 0. The first-order chi connectivity index (χ1) is 15.1. The Hall–Kier alpha value is -4.08. The maximum Gasteiger partial charge on any atom is 0.261 e. The van der Waals surface area contributed by atoms with Gasteiger partial charge in [0.1, 0.15) is 11.2 Å². The molecule has 5 nitrogen and oxygen atoms in total. The van der Waals surface area contributed by atoms with E-state index >= 15 is 0 Å². The van der Waals surface area contributed by atoms with Gasteiger partial charge in [-0.15, -0.1) is 0 Å². The highest BCUT2D eigenvalue weighted by Crippen LogP contribution is 2.31. The number of nitrogens with zero attached hydrogens (tertiary/aromatic N) is 1. The van der Waals surface area contributed by atoms with E-state index in [2.05, 4.69) is 21.5 Å². The molecule has 0 bridgehead atoms. The molecule has 0 fully saturated rings. The van der Waals surface area contributed by atoms with Crippen LogP contribution >= 0.6 is 0 Å². The molecule has 31 heavy (non-hydrogen) atoms. The lowest BCUT2D eigenvalue weighted by Gasteiger charge is -2.10. The third-order valence-electron chi connectivity index (χ3n) is 4.83. The summed E-state index contributed by atoms with van der Waals surface area (Å²) in [7, 11) is -3.83. The topological polar surface area (TPSA) is 72.2 Å². The number of pyridine rings is 1. The Morgan fingerprint density at radius 2 is 1.61 bits per heavy atom. The summed E-state index contributed by atoms with van der Waals surface area (Å²) < 4.78 is 34.7. The van der Waals surface area contributed by atoms with Gasteiger partial charge in [-0.3, -0.25) is 9.71 Å². The zero-order chi connectivity index (χ0) is 21.3. The first kappa shape index (κ1) is 18.9. The van der Waals surface area contributed by atoms with Crippen LogP contribution in [-0.2, 0) is 10.0 Å². The van der Waals surface area contributed by atoms with Crippen molar-refractivity contribution in [3.8, 4) is 11.8 Å². The van der Waals surface area contributed by atoms with Crippen molar-refractivity contribution in [2.24, 2.45) is 0 Å². The lowest BCUT2D eigenvalue weighted by molar-refractivity contribution is 0.601. The Morgan fingerprint density at radius 1 is 0.806 bits per heavy atom. The minimum Gasteiger partial charge on any atom is -0.456 e. The molecule has 0 aliphatic carbocycles. The van der Waals surface area contributed by atoms with Crippen LogP contribution in [0.4, 0.5) is 5.69 Å². The lowest BCUT2D eigenvalue weighted by atomic mass is 10.1. The van der Waals surface area contributed by atoms with E-state index in [0.29, 0.717) is 16.8 Å². The highest BCUT2D eigenvalue weighted by Gasteiger charge is 2.18. The molecule has 0 saturated heterocycles. The third-order valence-corrected chi connectivity index (χ3v) is 6.20. The van der Waals surface area contributed by atoms with Gasteiger partial charge < -0.3 is 4.42 Å². The average molecular weight is 424 g/mol. The van der Waals surface area contributed by atoms with Gasteiger partial charge in [-0.25, -0.2) is 8.42 Å². The van der Waals surface area contributed by atoms with Crippen molar-refractivity contribution < 1.29 is 12.8 Å². The second-order valence-electron chi connectivity index (χ2n) is 6.90. The standard InChI is InChI=1S/C25H16N2O3S/c28-31(29,20-13-14-25-22(16-20)21-8-2-4-10-24(21)30-25)27-23-9-3-1-7-19(23)12-11-18-6-5-15-26-17-18/h1-10,13-17,27H. The van der Waals surface area contributed by atoms with Gasteiger partial charge in [0.05, 0.1) is 10.6 Å². The zero-order valence-electron chi connectivity index (χ0n) is 16.2. The Kier molecular flexibility index (Phi) is 4.66. The van der Waals surface area contributed by atoms with Crippen LogP contribution in [0.25, 0.3) is 21.9 Å². The molecule has 0 radical (unpaired) electrons. The minimum absolute atomic E-state index is 0.154. The Morgan fingerprint density at radius 3 is 2.48 bits per heavy atom. The number of sulfonamides is 1. The fourth-order valence-corrected chi connectivity index (χ4v) is 4.44. The van der Waals surface area contributed by atoms with E-state index in [1.54, 1.807) is 48.8 Å². The molecule has 150 valence electrons. The van der Waals surface area contributed by atoms with E-state index in [0.717, 1.165) is 21.9 Å². The molecular formula is C25H16N2O3S. The molecule has 5 rings (SSSR count). The highest BCUT2D eigenvalue weighted by molar-refractivity contribution is 7.92. The highest BCUT2D eigenvalue weighted by atomic mass is 32.2. The SMILES string of the molecule is O=S(=O)(Nc1ccccc1C#Cc1cccnc1)c1ccc2oc3ccccc3c2c1. The van der Waals surface area contributed by atoms with Gasteiger partial charge in [0.25, 0.3) is 10.0 Å². The lowest BCUT2D eigenvalue weighted by Crippen LogP contribution is -2.13. The van der Waals surface area contributed by atoms with Crippen molar-refractivity contribution in [1.82, 2.24) is 4.98 Å². The van der Waals surface area contributed by atoms with E-state index in [1.165, 1.54) is 6.07 Å². The smallest absolute Gasteiger partial charge is 0.261 e. The van der Waals surface area contributed by atoms with Gasteiger partial charge >= 0.3 is 0 Å². The summed E-state index contributed by atoms with van der Waals surface area (Å²) in [5, 5.41) is 1.63. The van der Waals surface area contributed by atoms with Crippen molar-refractivity contribution >= 4 is 37.6 Å². The van der Waals surface area contributed by atoms with Crippen molar-refractivity contribution in [1.29, 1.82) is 0 Å². The number of anilines is 1. The second-order valence-corrected chi connectivity index (χ2v) is 8.58. The number of hydrogen-bond donors (Lipinski definition) is 1. The molecule has 0 aliphatic rings. The van der Waals surface area contributed by atoms with Crippen molar-refractivity contribution in [3.63, 3.8) is 0 Å². The molecule has 0 atom stereocenters. The van der Waals surface area contributed by atoms with Crippen molar-refractivity contribution in [2.75, 3.05) is 4.72 Å². The van der Waals surface area contributed by atoms with Crippen LogP contribution in [0.15, 0.2) is 101 Å². The van der Waals surface area contributed by atoms with E-state index in [4.69, 9.17) is 4.42 Å². The number of furan rings is 1. The largest absolute Gasteiger partial charge is 0.456 e. The van der Waals surface area contributed by atoms with Crippen LogP contribution in [-0.4, -0.2) is 13.4 Å². The Bertz CT molecular complexity index is 1580. The molecule has 0 saturated carbocycles. The zero-order valence-corrected chi connectivity index (χ0v) is 17.1. The first-order valence-corrected chi connectivity index (χ1v) is 11.0. The number of hydrogen-bond acceptors (Lipinski definition) is 4. The first-order valence-electron chi connectivity index (χ1n) is 9.55. The number of nitrogens with one attached hydrogen (secondary N) is 1. The molecule has 0 spiro atoms. The van der Waals surface area contributed by atoms with Crippen molar-refractivity contribution in [3.05, 3.63) is 102 Å². The van der Waals surface area contributed by atoms with Crippen LogP contribution in [0.5, 0.6) is 0 Å².